The lowest BCUT2D eigenvalue weighted by Crippen LogP contribution is -2.49. The maximum absolute atomic E-state index is 11.5. The van der Waals surface area contributed by atoms with Gasteiger partial charge in [0.25, 0.3) is 0 Å². The Hall–Kier alpha value is -0.920. The third kappa shape index (κ3) is 3.55. The average molecular weight is 286 g/mol. The summed E-state index contributed by atoms with van der Waals surface area (Å²) < 4.78 is 24.6. The monoisotopic (exact) mass is 286 g/mol. The number of aromatic amines is 1. The Morgan fingerprint density at radius 1 is 1.58 bits per heavy atom. The first-order valence-electron chi connectivity index (χ1n) is 6.55. The van der Waals surface area contributed by atoms with E-state index in [1.807, 2.05) is 13.1 Å². The zero-order chi connectivity index (χ0) is 14.0. The van der Waals surface area contributed by atoms with E-state index in [4.69, 9.17) is 0 Å². The van der Waals surface area contributed by atoms with Gasteiger partial charge in [0.05, 0.1) is 12.5 Å². The van der Waals surface area contributed by atoms with Crippen LogP contribution in [0.5, 0.6) is 0 Å². The maximum atomic E-state index is 11.5. The van der Waals surface area contributed by atoms with Crippen LogP contribution in [0.3, 0.4) is 0 Å². The predicted octanol–water partition coefficient (Wildman–Crippen LogP) is 0.478. The van der Waals surface area contributed by atoms with Gasteiger partial charge >= 0.3 is 0 Å². The van der Waals surface area contributed by atoms with Crippen molar-refractivity contribution in [1.29, 1.82) is 0 Å². The summed E-state index contributed by atoms with van der Waals surface area (Å²) in [5.74, 6) is 0.315. The molecular weight excluding hydrogens is 264 g/mol. The van der Waals surface area contributed by atoms with Crippen LogP contribution in [-0.2, 0) is 16.6 Å². The van der Waals surface area contributed by atoms with Gasteiger partial charge in [-0.05, 0) is 19.3 Å². The van der Waals surface area contributed by atoms with Gasteiger partial charge in [-0.3, -0.25) is 5.10 Å². The van der Waals surface area contributed by atoms with Gasteiger partial charge in [-0.25, -0.2) is 12.7 Å². The van der Waals surface area contributed by atoms with E-state index >= 15 is 0 Å². The first-order valence-corrected chi connectivity index (χ1v) is 8.40. The van der Waals surface area contributed by atoms with Crippen molar-refractivity contribution in [1.82, 2.24) is 19.8 Å². The summed E-state index contributed by atoms with van der Waals surface area (Å²) >= 11 is 0. The van der Waals surface area contributed by atoms with Crippen molar-refractivity contribution in [2.45, 2.75) is 32.9 Å². The van der Waals surface area contributed by atoms with E-state index in [0.29, 0.717) is 25.0 Å². The molecule has 0 unspecified atom stereocenters. The van der Waals surface area contributed by atoms with Crippen molar-refractivity contribution in [3.63, 3.8) is 0 Å². The predicted molar refractivity (Wildman–Crippen MR) is 74.2 cm³/mol. The fraction of sp³-hybridized carbons (Fsp3) is 0.750. The number of sulfonamides is 1. The van der Waals surface area contributed by atoms with E-state index < -0.39 is 10.0 Å². The minimum Gasteiger partial charge on any atom is -0.309 e. The average Bonchev–Trinajstić information content (AvgIpc) is 2.72. The Labute approximate surface area is 114 Å². The number of nitrogens with zero attached hydrogens (tertiary/aromatic N) is 2. The van der Waals surface area contributed by atoms with Gasteiger partial charge in [0.1, 0.15) is 0 Å². The molecule has 6 nitrogen and oxygen atoms in total. The summed E-state index contributed by atoms with van der Waals surface area (Å²) in [6.45, 7) is 6.07. The number of H-pyrrole nitrogens is 1. The van der Waals surface area contributed by atoms with E-state index in [-0.39, 0.29) is 0 Å². The second kappa shape index (κ2) is 5.60. The molecule has 0 saturated carbocycles. The van der Waals surface area contributed by atoms with Crippen LogP contribution in [0.1, 0.15) is 24.6 Å². The molecule has 1 aromatic rings. The summed E-state index contributed by atoms with van der Waals surface area (Å²) in [5, 5.41) is 10.4. The topological polar surface area (TPSA) is 78.1 Å². The zero-order valence-corrected chi connectivity index (χ0v) is 12.5. The molecule has 2 N–H and O–H groups in total. The molecule has 19 heavy (non-hydrogen) atoms. The molecule has 1 saturated heterocycles. The molecule has 0 aliphatic carbocycles. The third-order valence-corrected chi connectivity index (χ3v) is 5.10. The molecular formula is C12H22N4O2S. The SMILES string of the molecule is Cc1[nH]ncc1CN[C@@H]1CCN(S(C)(=O)=O)C[C@@H]1C. The lowest BCUT2D eigenvalue weighted by Gasteiger charge is -2.36. The highest BCUT2D eigenvalue weighted by Gasteiger charge is 2.30. The van der Waals surface area contributed by atoms with E-state index in [1.54, 1.807) is 4.31 Å². The van der Waals surface area contributed by atoms with E-state index in [1.165, 1.54) is 6.26 Å². The quantitative estimate of drug-likeness (QED) is 0.844. The molecule has 0 spiro atoms. The Bertz CT molecular complexity index is 526. The number of aromatic nitrogens is 2. The van der Waals surface area contributed by atoms with Crippen LogP contribution in [0.25, 0.3) is 0 Å². The molecule has 108 valence electrons. The fourth-order valence-corrected chi connectivity index (χ4v) is 3.45. The Morgan fingerprint density at radius 2 is 2.32 bits per heavy atom. The molecule has 0 amide bonds. The van der Waals surface area contributed by atoms with Crippen molar-refractivity contribution in [2.75, 3.05) is 19.3 Å². The highest BCUT2D eigenvalue weighted by Crippen LogP contribution is 2.19. The maximum Gasteiger partial charge on any atom is 0.211 e. The van der Waals surface area contributed by atoms with Crippen LogP contribution < -0.4 is 5.32 Å². The molecule has 0 bridgehead atoms. The lowest BCUT2D eigenvalue weighted by atomic mass is 9.95. The van der Waals surface area contributed by atoms with Gasteiger partial charge in [0.2, 0.25) is 10.0 Å². The molecule has 0 aromatic carbocycles. The van der Waals surface area contributed by atoms with Crippen LogP contribution in [0.2, 0.25) is 0 Å². The fourth-order valence-electron chi connectivity index (χ4n) is 2.51. The molecule has 2 atom stereocenters. The minimum atomic E-state index is -3.06. The molecule has 1 aliphatic heterocycles. The van der Waals surface area contributed by atoms with Crippen LogP contribution in [0.15, 0.2) is 6.20 Å². The highest BCUT2D eigenvalue weighted by molar-refractivity contribution is 7.88. The Kier molecular flexibility index (Phi) is 4.27. The van der Waals surface area contributed by atoms with Gasteiger partial charge in [0, 0.05) is 36.9 Å². The number of hydrogen-bond donors (Lipinski definition) is 2. The van der Waals surface area contributed by atoms with Crippen LogP contribution in [0.4, 0.5) is 0 Å². The van der Waals surface area contributed by atoms with Gasteiger partial charge in [0.15, 0.2) is 0 Å². The molecule has 7 heteroatoms. The van der Waals surface area contributed by atoms with Crippen molar-refractivity contribution in [3.05, 3.63) is 17.5 Å². The first kappa shape index (κ1) is 14.5. The van der Waals surface area contributed by atoms with E-state index in [9.17, 15) is 8.42 Å². The highest BCUT2D eigenvalue weighted by atomic mass is 32.2. The van der Waals surface area contributed by atoms with Crippen LogP contribution >= 0.6 is 0 Å². The zero-order valence-electron chi connectivity index (χ0n) is 11.7. The smallest absolute Gasteiger partial charge is 0.211 e. The lowest BCUT2D eigenvalue weighted by molar-refractivity contribution is 0.220. The molecule has 1 aromatic heterocycles. The number of hydrogen-bond acceptors (Lipinski definition) is 4. The van der Waals surface area contributed by atoms with Crippen molar-refractivity contribution in [2.24, 2.45) is 5.92 Å². The van der Waals surface area contributed by atoms with Gasteiger partial charge in [-0.2, -0.15) is 5.10 Å². The summed E-state index contributed by atoms with van der Waals surface area (Å²) in [4.78, 5) is 0. The van der Waals surface area contributed by atoms with Crippen LogP contribution in [-0.4, -0.2) is 48.3 Å². The second-order valence-corrected chi connectivity index (χ2v) is 7.38. The van der Waals surface area contributed by atoms with Gasteiger partial charge in [-0.15, -0.1) is 0 Å². The van der Waals surface area contributed by atoms with Gasteiger partial charge in [-0.1, -0.05) is 6.92 Å². The Morgan fingerprint density at radius 3 is 2.84 bits per heavy atom. The van der Waals surface area contributed by atoms with Crippen molar-refractivity contribution in [3.8, 4) is 0 Å². The molecule has 2 rings (SSSR count). The van der Waals surface area contributed by atoms with Crippen molar-refractivity contribution < 1.29 is 8.42 Å². The summed E-state index contributed by atoms with van der Waals surface area (Å²) in [6.07, 6.45) is 3.96. The minimum absolute atomic E-state index is 0.315. The summed E-state index contributed by atoms with van der Waals surface area (Å²) in [6, 6.07) is 0.354. The second-order valence-electron chi connectivity index (χ2n) is 5.39. The molecule has 1 fully saturated rings. The standard InChI is InChI=1S/C12H22N4O2S/c1-9-8-16(19(3,17)18)5-4-12(9)13-6-11-7-14-15-10(11)2/h7,9,12-13H,4-6,8H2,1-3H3,(H,14,15)/t9-,12+/m0/s1. The molecule has 1 aliphatic rings. The third-order valence-electron chi connectivity index (χ3n) is 3.83. The number of nitrogens with one attached hydrogen (secondary N) is 2. The van der Waals surface area contributed by atoms with Crippen LogP contribution in [0, 0.1) is 12.8 Å². The van der Waals surface area contributed by atoms with Gasteiger partial charge < -0.3 is 5.32 Å². The number of piperidine rings is 1. The molecule has 2 heterocycles. The normalized spacial score (nSPS) is 25.6. The largest absolute Gasteiger partial charge is 0.309 e. The number of rotatable bonds is 4. The summed E-state index contributed by atoms with van der Waals surface area (Å²) in [5.41, 5.74) is 2.24. The van der Waals surface area contributed by atoms with Crippen molar-refractivity contribution >= 4 is 10.0 Å². The summed E-state index contributed by atoms with van der Waals surface area (Å²) in [7, 11) is -3.06. The molecule has 0 radical (unpaired) electrons. The first-order chi connectivity index (χ1) is 8.88. The van der Waals surface area contributed by atoms with E-state index in [2.05, 4.69) is 22.4 Å². The Balaban J connectivity index is 1.89. The van der Waals surface area contributed by atoms with E-state index in [0.717, 1.165) is 24.2 Å². The number of aryl methyl sites for hydroxylation is 1.